The maximum atomic E-state index is 11.6. The number of thiol groups is 1. The predicted octanol–water partition coefficient (Wildman–Crippen LogP) is 2.39. The molecule has 0 spiro atoms. The van der Waals surface area contributed by atoms with Crippen molar-refractivity contribution in [2.24, 2.45) is 5.41 Å². The molecule has 1 N–H and O–H groups in total. The summed E-state index contributed by atoms with van der Waals surface area (Å²) in [6, 6.07) is 0.374. The molecule has 0 aromatic heterocycles. The molecule has 0 aromatic rings. The summed E-state index contributed by atoms with van der Waals surface area (Å²) in [4.78, 5) is 11.6. The van der Waals surface area contributed by atoms with Crippen molar-refractivity contribution in [3.8, 4) is 0 Å². The second-order valence-electron chi connectivity index (χ2n) is 5.04. The lowest BCUT2D eigenvalue weighted by Crippen LogP contribution is -2.38. The fourth-order valence-electron chi connectivity index (χ4n) is 2.04. The van der Waals surface area contributed by atoms with Gasteiger partial charge in [0.05, 0.1) is 5.25 Å². The molecule has 0 heterocycles. The maximum Gasteiger partial charge on any atom is 0.233 e. The van der Waals surface area contributed by atoms with Crippen LogP contribution in [-0.4, -0.2) is 17.2 Å². The third kappa shape index (κ3) is 3.19. The van der Waals surface area contributed by atoms with Gasteiger partial charge in [0, 0.05) is 6.04 Å². The van der Waals surface area contributed by atoms with Gasteiger partial charge in [-0.2, -0.15) is 12.6 Å². The molecule has 0 aromatic carbocycles. The van der Waals surface area contributed by atoms with E-state index in [1.165, 1.54) is 6.42 Å². The zero-order valence-electron chi connectivity index (χ0n) is 9.34. The molecule has 14 heavy (non-hydrogen) atoms. The lowest BCUT2D eigenvalue weighted by molar-refractivity contribution is -0.121. The van der Waals surface area contributed by atoms with Gasteiger partial charge in [0.2, 0.25) is 5.91 Å². The van der Waals surface area contributed by atoms with E-state index in [1.54, 1.807) is 0 Å². The summed E-state index contributed by atoms with van der Waals surface area (Å²) in [5.41, 5.74) is 0.399. The first-order valence-corrected chi connectivity index (χ1v) is 5.95. The molecule has 1 fully saturated rings. The summed E-state index contributed by atoms with van der Waals surface area (Å²) < 4.78 is 0. The highest BCUT2D eigenvalue weighted by Gasteiger charge is 2.32. The smallest absolute Gasteiger partial charge is 0.233 e. The Morgan fingerprint density at radius 1 is 1.64 bits per heavy atom. The van der Waals surface area contributed by atoms with Gasteiger partial charge in [-0.1, -0.05) is 20.8 Å². The van der Waals surface area contributed by atoms with Crippen LogP contribution in [0, 0.1) is 5.41 Å². The van der Waals surface area contributed by atoms with E-state index in [0.29, 0.717) is 11.5 Å². The van der Waals surface area contributed by atoms with Crippen LogP contribution in [0.25, 0.3) is 0 Å². The second kappa shape index (κ2) is 4.56. The van der Waals surface area contributed by atoms with Crippen molar-refractivity contribution in [2.75, 3.05) is 0 Å². The molecule has 1 aliphatic rings. The molecule has 2 nitrogen and oxygen atoms in total. The molecule has 1 aliphatic carbocycles. The second-order valence-corrected chi connectivity index (χ2v) is 5.66. The molecule has 0 aliphatic heterocycles. The van der Waals surface area contributed by atoms with Crippen molar-refractivity contribution >= 4 is 18.5 Å². The summed E-state index contributed by atoms with van der Waals surface area (Å²) in [6.07, 6.45) is 4.22. The Kier molecular flexibility index (Phi) is 3.87. The highest BCUT2D eigenvalue weighted by atomic mass is 32.1. The number of nitrogens with one attached hydrogen (secondary N) is 1. The molecule has 0 bridgehead atoms. The molecule has 1 rings (SSSR count). The number of rotatable bonds is 3. The Labute approximate surface area is 92.2 Å². The van der Waals surface area contributed by atoms with E-state index in [-0.39, 0.29) is 11.2 Å². The quantitative estimate of drug-likeness (QED) is 0.695. The Bertz CT molecular complexity index is 215. The lowest BCUT2D eigenvalue weighted by Gasteiger charge is -2.19. The van der Waals surface area contributed by atoms with Crippen molar-refractivity contribution in [3.05, 3.63) is 0 Å². The molecular formula is C11H21NOS. The number of amides is 1. The summed E-state index contributed by atoms with van der Waals surface area (Å²) in [6.45, 7) is 6.50. The minimum atomic E-state index is -0.140. The Balaban J connectivity index is 2.36. The number of hydrogen-bond acceptors (Lipinski definition) is 2. The zero-order valence-corrected chi connectivity index (χ0v) is 10.2. The van der Waals surface area contributed by atoms with Crippen LogP contribution in [0.4, 0.5) is 0 Å². The highest BCUT2D eigenvalue weighted by molar-refractivity contribution is 7.81. The average molecular weight is 215 g/mol. The topological polar surface area (TPSA) is 29.1 Å². The lowest BCUT2D eigenvalue weighted by atomic mass is 9.92. The fourth-order valence-corrected chi connectivity index (χ4v) is 2.12. The zero-order chi connectivity index (χ0) is 10.8. The minimum absolute atomic E-state index is 0.0959. The number of carbonyl (C=O) groups excluding carboxylic acids is 1. The molecule has 1 amide bonds. The Hall–Kier alpha value is -0.180. The first kappa shape index (κ1) is 11.9. The van der Waals surface area contributed by atoms with Crippen LogP contribution in [0.5, 0.6) is 0 Å². The molecule has 3 heteroatoms. The van der Waals surface area contributed by atoms with Crippen LogP contribution in [0.3, 0.4) is 0 Å². The monoisotopic (exact) mass is 215 g/mol. The summed E-state index contributed by atoms with van der Waals surface area (Å²) in [5.74, 6) is 0.0959. The van der Waals surface area contributed by atoms with Crippen LogP contribution in [0.15, 0.2) is 0 Å². The summed E-state index contributed by atoms with van der Waals surface area (Å²) >= 11 is 4.23. The Morgan fingerprint density at radius 2 is 2.29 bits per heavy atom. The largest absolute Gasteiger partial charge is 0.352 e. The SMILES string of the molecule is CCC(S)C(=O)NC1CCC(C)(C)C1. The van der Waals surface area contributed by atoms with Crippen molar-refractivity contribution in [3.63, 3.8) is 0 Å². The normalized spacial score (nSPS) is 27.3. The predicted molar refractivity (Wildman–Crippen MR) is 62.6 cm³/mol. The minimum Gasteiger partial charge on any atom is -0.352 e. The fraction of sp³-hybridized carbons (Fsp3) is 0.909. The van der Waals surface area contributed by atoms with E-state index in [9.17, 15) is 4.79 Å². The van der Waals surface area contributed by atoms with Gasteiger partial charge in [0.15, 0.2) is 0 Å². The molecule has 2 unspecified atom stereocenters. The molecule has 0 radical (unpaired) electrons. The third-order valence-corrected chi connectivity index (χ3v) is 3.60. The Morgan fingerprint density at radius 3 is 2.71 bits per heavy atom. The maximum absolute atomic E-state index is 11.6. The first-order valence-electron chi connectivity index (χ1n) is 5.43. The summed E-state index contributed by atoms with van der Waals surface area (Å²) in [5, 5.41) is 2.93. The number of hydrogen-bond donors (Lipinski definition) is 2. The van der Waals surface area contributed by atoms with Gasteiger partial charge in [0.1, 0.15) is 0 Å². The summed E-state index contributed by atoms with van der Waals surface area (Å²) in [7, 11) is 0. The van der Waals surface area contributed by atoms with Gasteiger partial charge < -0.3 is 5.32 Å². The standard InChI is InChI=1S/C11H21NOS/c1-4-9(14)10(13)12-8-5-6-11(2,3)7-8/h8-9,14H,4-7H2,1-3H3,(H,12,13). The van der Waals surface area contributed by atoms with Crippen LogP contribution >= 0.6 is 12.6 Å². The van der Waals surface area contributed by atoms with Gasteiger partial charge in [-0.3, -0.25) is 4.79 Å². The van der Waals surface area contributed by atoms with Gasteiger partial charge in [-0.25, -0.2) is 0 Å². The van der Waals surface area contributed by atoms with Gasteiger partial charge in [-0.05, 0) is 31.1 Å². The van der Waals surface area contributed by atoms with E-state index in [4.69, 9.17) is 0 Å². The highest BCUT2D eigenvalue weighted by Crippen LogP contribution is 2.36. The van der Waals surface area contributed by atoms with Gasteiger partial charge in [-0.15, -0.1) is 0 Å². The van der Waals surface area contributed by atoms with Crippen LogP contribution < -0.4 is 5.32 Å². The van der Waals surface area contributed by atoms with Crippen molar-refractivity contribution in [2.45, 2.75) is 57.7 Å². The van der Waals surface area contributed by atoms with E-state index in [1.807, 2.05) is 6.92 Å². The van der Waals surface area contributed by atoms with E-state index in [2.05, 4.69) is 31.8 Å². The van der Waals surface area contributed by atoms with E-state index < -0.39 is 0 Å². The van der Waals surface area contributed by atoms with E-state index in [0.717, 1.165) is 19.3 Å². The molecule has 1 saturated carbocycles. The molecule has 0 saturated heterocycles. The van der Waals surface area contributed by atoms with Gasteiger partial charge in [0.25, 0.3) is 0 Å². The van der Waals surface area contributed by atoms with Crippen molar-refractivity contribution < 1.29 is 4.79 Å². The number of carbonyl (C=O) groups is 1. The van der Waals surface area contributed by atoms with Crippen LogP contribution in [-0.2, 0) is 4.79 Å². The molecule has 2 atom stereocenters. The van der Waals surface area contributed by atoms with Crippen LogP contribution in [0.2, 0.25) is 0 Å². The van der Waals surface area contributed by atoms with E-state index >= 15 is 0 Å². The average Bonchev–Trinajstić information content (AvgIpc) is 2.44. The first-order chi connectivity index (χ1) is 6.44. The third-order valence-electron chi connectivity index (χ3n) is 3.00. The van der Waals surface area contributed by atoms with Crippen molar-refractivity contribution in [1.29, 1.82) is 0 Å². The van der Waals surface area contributed by atoms with Crippen molar-refractivity contribution in [1.82, 2.24) is 5.32 Å². The molecular weight excluding hydrogens is 194 g/mol. The molecule has 82 valence electrons. The van der Waals surface area contributed by atoms with Gasteiger partial charge >= 0.3 is 0 Å². The van der Waals surface area contributed by atoms with Crippen LogP contribution in [0.1, 0.15) is 46.5 Å².